The van der Waals surface area contributed by atoms with Crippen molar-refractivity contribution in [3.8, 4) is 0 Å². The minimum absolute atomic E-state index is 0.0528. The van der Waals surface area contributed by atoms with Gasteiger partial charge in [0.15, 0.2) is 0 Å². The SMILES string of the molecule is CN1c2ccccc2N2c3[se]c(C=C4C(=O)c5ccccc5C4=O)cc3C(C)(C)c3cccc1c32. The minimum atomic E-state index is -0.195. The van der Waals surface area contributed by atoms with E-state index in [9.17, 15) is 9.59 Å². The van der Waals surface area contributed by atoms with Crippen LogP contribution in [0.2, 0.25) is 0 Å². The Kier molecular flexibility index (Phi) is 4.10. The molecule has 3 heterocycles. The number of Topliss-reactive ketones (excluding diaryl/α,β-unsaturated/α-hetero) is 2. The molecule has 4 nitrogen and oxygen atoms in total. The molecule has 0 unspecified atom stereocenters. The number of rotatable bonds is 1. The normalized spacial score (nSPS) is 16.6. The Bertz CT molecular complexity index is 1600. The molecule has 0 atom stereocenters. The number of allylic oxidation sites excluding steroid dienone is 1. The fourth-order valence-corrected chi connectivity index (χ4v) is 8.40. The fraction of sp³-hybridized carbons (Fsp3) is 0.133. The summed E-state index contributed by atoms with van der Waals surface area (Å²) >= 11 is -0.0528. The maximum absolute atomic E-state index is 13.1. The molecule has 5 heteroatoms. The van der Waals surface area contributed by atoms with Gasteiger partial charge < -0.3 is 0 Å². The Morgan fingerprint density at radius 3 is 2.11 bits per heavy atom. The second-order valence-electron chi connectivity index (χ2n) is 9.81. The fourth-order valence-electron chi connectivity index (χ4n) is 5.72. The van der Waals surface area contributed by atoms with Gasteiger partial charge in [-0.05, 0) is 0 Å². The predicted molar refractivity (Wildman–Crippen MR) is 141 cm³/mol. The van der Waals surface area contributed by atoms with Crippen LogP contribution in [0.5, 0.6) is 0 Å². The quantitative estimate of drug-likeness (QED) is 0.165. The zero-order chi connectivity index (χ0) is 24.1. The van der Waals surface area contributed by atoms with Gasteiger partial charge >= 0.3 is 210 Å². The molecule has 4 aromatic rings. The molecule has 0 saturated carbocycles. The van der Waals surface area contributed by atoms with Crippen molar-refractivity contribution in [1.82, 2.24) is 0 Å². The Morgan fingerprint density at radius 2 is 1.40 bits per heavy atom. The van der Waals surface area contributed by atoms with Gasteiger partial charge in [-0.2, -0.15) is 0 Å². The molecule has 7 rings (SSSR count). The van der Waals surface area contributed by atoms with Crippen LogP contribution in [0, 0.1) is 0 Å². The Balaban J connectivity index is 1.45. The summed E-state index contributed by atoms with van der Waals surface area (Å²) in [6.45, 7) is 4.56. The second kappa shape index (κ2) is 6.94. The van der Waals surface area contributed by atoms with Crippen LogP contribution < -0.4 is 9.80 Å². The van der Waals surface area contributed by atoms with E-state index in [0.29, 0.717) is 11.1 Å². The molecule has 0 fully saturated rings. The van der Waals surface area contributed by atoms with Gasteiger partial charge in [-0.15, -0.1) is 0 Å². The van der Waals surface area contributed by atoms with Crippen molar-refractivity contribution in [2.75, 3.05) is 16.8 Å². The molecular formula is C30H22N2O2Se. The number of fused-ring (bicyclic) bond motifs is 5. The summed E-state index contributed by atoms with van der Waals surface area (Å²) in [5, 5.41) is 0. The van der Waals surface area contributed by atoms with Crippen LogP contribution in [-0.4, -0.2) is 33.1 Å². The van der Waals surface area contributed by atoms with Crippen LogP contribution in [0.25, 0.3) is 6.08 Å². The number of nitrogens with zero attached hydrogens (tertiary/aromatic N) is 2. The van der Waals surface area contributed by atoms with Crippen LogP contribution in [0.4, 0.5) is 27.3 Å². The third-order valence-corrected chi connectivity index (χ3v) is 9.80. The second-order valence-corrected chi connectivity index (χ2v) is 12.0. The van der Waals surface area contributed by atoms with Crippen molar-refractivity contribution < 1.29 is 9.59 Å². The van der Waals surface area contributed by atoms with E-state index in [1.165, 1.54) is 38.4 Å². The van der Waals surface area contributed by atoms with Gasteiger partial charge in [-0.3, -0.25) is 0 Å². The number of carbonyl (C=O) groups excluding carboxylic acids is 2. The average Bonchev–Trinajstić information content (AvgIpc) is 3.40. The van der Waals surface area contributed by atoms with E-state index in [-0.39, 0.29) is 37.1 Å². The molecule has 3 aliphatic rings. The van der Waals surface area contributed by atoms with Crippen molar-refractivity contribution >= 4 is 59.5 Å². The maximum atomic E-state index is 13.1. The molecule has 1 aromatic heterocycles. The third kappa shape index (κ3) is 2.63. The molecule has 0 radical (unpaired) electrons. The first kappa shape index (κ1) is 20.7. The molecular weight excluding hydrogens is 499 g/mol. The van der Waals surface area contributed by atoms with Gasteiger partial charge in [0.2, 0.25) is 0 Å². The van der Waals surface area contributed by atoms with Crippen LogP contribution in [0.3, 0.4) is 0 Å². The molecule has 0 N–H and O–H groups in total. The van der Waals surface area contributed by atoms with E-state index < -0.39 is 0 Å². The summed E-state index contributed by atoms with van der Waals surface area (Å²) in [4.78, 5) is 30.8. The molecule has 0 saturated heterocycles. The van der Waals surface area contributed by atoms with Crippen molar-refractivity contribution in [3.05, 3.63) is 105 Å². The first-order chi connectivity index (χ1) is 16.9. The van der Waals surface area contributed by atoms with E-state index in [1.807, 2.05) is 18.2 Å². The number of anilines is 5. The van der Waals surface area contributed by atoms with Gasteiger partial charge in [0.05, 0.1) is 0 Å². The zero-order valence-corrected chi connectivity index (χ0v) is 21.3. The topological polar surface area (TPSA) is 40.6 Å². The van der Waals surface area contributed by atoms with Crippen molar-refractivity contribution in [1.29, 1.82) is 0 Å². The van der Waals surface area contributed by atoms with E-state index >= 15 is 0 Å². The predicted octanol–water partition coefficient (Wildman–Crippen LogP) is 6.40. The number of carbonyl (C=O) groups is 2. The van der Waals surface area contributed by atoms with Gasteiger partial charge in [0.1, 0.15) is 0 Å². The summed E-state index contributed by atoms with van der Waals surface area (Å²) in [5.74, 6) is -0.330. The summed E-state index contributed by atoms with van der Waals surface area (Å²) < 4.78 is 2.34. The third-order valence-electron chi connectivity index (χ3n) is 7.56. The number of benzene rings is 3. The molecule has 2 aliphatic heterocycles. The van der Waals surface area contributed by atoms with Crippen LogP contribution in [0.15, 0.2) is 78.4 Å². The number of hydrogen-bond donors (Lipinski definition) is 0. The van der Waals surface area contributed by atoms with E-state index in [4.69, 9.17) is 0 Å². The van der Waals surface area contributed by atoms with Crippen molar-refractivity contribution in [3.63, 3.8) is 0 Å². The number of ketones is 2. The monoisotopic (exact) mass is 522 g/mol. The summed E-state index contributed by atoms with van der Waals surface area (Å²) in [5.41, 5.74) is 8.44. The van der Waals surface area contributed by atoms with Crippen molar-refractivity contribution in [2.45, 2.75) is 19.3 Å². The molecule has 0 amide bonds. The Hall–Kier alpha value is -3.66. The van der Waals surface area contributed by atoms with Crippen LogP contribution in [-0.2, 0) is 5.41 Å². The molecule has 35 heavy (non-hydrogen) atoms. The standard InChI is InChI=1S/C30H22N2O2Se/c1-30(2)21-11-8-14-25-26(21)32(24-13-7-6-12-23(24)31(25)3)29-22(30)16-17(35-29)15-20-27(33)18-9-4-5-10-19(18)28(20)34/h4-16H,1-3H3. The molecule has 1 aliphatic carbocycles. The van der Waals surface area contributed by atoms with E-state index in [2.05, 4.69) is 79.2 Å². The first-order valence-corrected chi connectivity index (χ1v) is 13.4. The van der Waals surface area contributed by atoms with Gasteiger partial charge in [-0.25, -0.2) is 0 Å². The Morgan fingerprint density at radius 1 is 0.771 bits per heavy atom. The number of para-hydroxylation sites is 3. The Labute approximate surface area is 209 Å². The molecule has 0 bridgehead atoms. The van der Waals surface area contributed by atoms with Gasteiger partial charge in [0.25, 0.3) is 0 Å². The average molecular weight is 521 g/mol. The summed E-state index contributed by atoms with van der Waals surface area (Å²) in [6, 6.07) is 24.4. The summed E-state index contributed by atoms with van der Waals surface area (Å²) in [6.07, 6.45) is 1.85. The zero-order valence-electron chi connectivity index (χ0n) is 19.6. The van der Waals surface area contributed by atoms with Crippen molar-refractivity contribution in [2.24, 2.45) is 0 Å². The summed E-state index contributed by atoms with van der Waals surface area (Å²) in [7, 11) is 2.13. The van der Waals surface area contributed by atoms with Gasteiger partial charge in [0, 0.05) is 0 Å². The number of hydrogen-bond acceptors (Lipinski definition) is 4. The van der Waals surface area contributed by atoms with Crippen LogP contribution >= 0.6 is 0 Å². The molecule has 170 valence electrons. The van der Waals surface area contributed by atoms with Crippen LogP contribution in [0.1, 0.15) is 50.1 Å². The van der Waals surface area contributed by atoms with Gasteiger partial charge in [-0.1, -0.05) is 0 Å². The van der Waals surface area contributed by atoms with E-state index in [0.717, 1.165) is 4.44 Å². The first-order valence-electron chi connectivity index (χ1n) is 11.7. The van der Waals surface area contributed by atoms with E-state index in [1.54, 1.807) is 12.1 Å². The molecule has 0 spiro atoms. The molecule has 3 aromatic carbocycles.